The second-order valence-corrected chi connectivity index (χ2v) is 4.89. The SMILES string of the molecule is CN1CCC(CCOC2CCOC2)CC1. The van der Waals surface area contributed by atoms with Gasteiger partial charge in [-0.2, -0.15) is 0 Å². The lowest BCUT2D eigenvalue weighted by molar-refractivity contribution is 0.0311. The lowest BCUT2D eigenvalue weighted by Gasteiger charge is -2.29. The molecule has 1 unspecified atom stereocenters. The Bertz CT molecular complexity index is 172. The fourth-order valence-corrected chi connectivity index (χ4v) is 2.40. The fourth-order valence-electron chi connectivity index (χ4n) is 2.40. The molecule has 0 amide bonds. The van der Waals surface area contributed by atoms with Gasteiger partial charge in [-0.15, -0.1) is 0 Å². The highest BCUT2D eigenvalue weighted by Crippen LogP contribution is 2.20. The summed E-state index contributed by atoms with van der Waals surface area (Å²) < 4.78 is 11.1. The van der Waals surface area contributed by atoms with Crippen molar-refractivity contribution >= 4 is 0 Å². The summed E-state index contributed by atoms with van der Waals surface area (Å²) in [5.74, 6) is 0.892. The van der Waals surface area contributed by atoms with E-state index in [1.807, 2.05) is 0 Å². The van der Waals surface area contributed by atoms with Crippen LogP contribution in [0.5, 0.6) is 0 Å². The van der Waals surface area contributed by atoms with Crippen LogP contribution in [-0.4, -0.2) is 51.0 Å². The third-order valence-electron chi connectivity index (χ3n) is 3.61. The van der Waals surface area contributed by atoms with Crippen molar-refractivity contribution in [3.05, 3.63) is 0 Å². The molecule has 0 bridgehead atoms. The zero-order valence-corrected chi connectivity index (χ0v) is 9.78. The van der Waals surface area contributed by atoms with E-state index < -0.39 is 0 Å². The largest absolute Gasteiger partial charge is 0.379 e. The minimum atomic E-state index is 0.385. The predicted molar refractivity (Wildman–Crippen MR) is 60.0 cm³/mol. The van der Waals surface area contributed by atoms with Crippen molar-refractivity contribution in [1.82, 2.24) is 4.90 Å². The summed E-state index contributed by atoms with van der Waals surface area (Å²) in [4.78, 5) is 2.42. The minimum Gasteiger partial charge on any atom is -0.379 e. The molecule has 2 fully saturated rings. The van der Waals surface area contributed by atoms with Gasteiger partial charge in [-0.3, -0.25) is 0 Å². The van der Waals surface area contributed by atoms with Crippen LogP contribution >= 0.6 is 0 Å². The highest BCUT2D eigenvalue weighted by molar-refractivity contribution is 4.70. The number of ether oxygens (including phenoxy) is 2. The van der Waals surface area contributed by atoms with Crippen LogP contribution in [-0.2, 0) is 9.47 Å². The maximum absolute atomic E-state index is 5.79. The van der Waals surface area contributed by atoms with E-state index >= 15 is 0 Å². The van der Waals surface area contributed by atoms with Gasteiger partial charge in [0.1, 0.15) is 0 Å². The first-order valence-electron chi connectivity index (χ1n) is 6.22. The molecule has 88 valence electrons. The maximum atomic E-state index is 5.79. The molecule has 1 atom stereocenters. The van der Waals surface area contributed by atoms with Crippen LogP contribution in [0.25, 0.3) is 0 Å². The smallest absolute Gasteiger partial charge is 0.0830 e. The Kier molecular flexibility index (Phi) is 4.42. The van der Waals surface area contributed by atoms with Gasteiger partial charge < -0.3 is 14.4 Å². The quantitative estimate of drug-likeness (QED) is 0.707. The molecule has 2 saturated heterocycles. The van der Waals surface area contributed by atoms with Gasteiger partial charge in [-0.25, -0.2) is 0 Å². The highest BCUT2D eigenvalue weighted by Gasteiger charge is 2.19. The molecule has 2 heterocycles. The van der Waals surface area contributed by atoms with E-state index in [1.54, 1.807) is 0 Å². The lowest BCUT2D eigenvalue weighted by Crippen LogP contribution is -2.30. The fraction of sp³-hybridized carbons (Fsp3) is 1.00. The van der Waals surface area contributed by atoms with E-state index in [2.05, 4.69) is 11.9 Å². The summed E-state index contributed by atoms with van der Waals surface area (Å²) in [6.45, 7) is 5.16. The first-order chi connectivity index (χ1) is 7.34. The monoisotopic (exact) mass is 213 g/mol. The van der Waals surface area contributed by atoms with Gasteiger partial charge in [0.15, 0.2) is 0 Å². The van der Waals surface area contributed by atoms with Crippen molar-refractivity contribution in [3.63, 3.8) is 0 Å². The molecule has 0 radical (unpaired) electrons. The van der Waals surface area contributed by atoms with Gasteiger partial charge in [-0.05, 0) is 51.7 Å². The molecule has 0 saturated carbocycles. The molecule has 2 aliphatic heterocycles. The van der Waals surface area contributed by atoms with Gasteiger partial charge in [0.25, 0.3) is 0 Å². The second kappa shape index (κ2) is 5.83. The predicted octanol–water partition coefficient (Wildman–Crippen LogP) is 1.52. The Hall–Kier alpha value is -0.120. The molecule has 2 rings (SSSR count). The number of piperidine rings is 1. The van der Waals surface area contributed by atoms with Gasteiger partial charge in [0, 0.05) is 13.2 Å². The zero-order valence-electron chi connectivity index (χ0n) is 9.78. The van der Waals surface area contributed by atoms with Crippen LogP contribution in [0.1, 0.15) is 25.7 Å². The number of hydrogen-bond acceptors (Lipinski definition) is 3. The van der Waals surface area contributed by atoms with Crippen LogP contribution in [0.3, 0.4) is 0 Å². The third-order valence-corrected chi connectivity index (χ3v) is 3.61. The van der Waals surface area contributed by atoms with Crippen LogP contribution in [0.4, 0.5) is 0 Å². The Labute approximate surface area is 92.7 Å². The van der Waals surface area contributed by atoms with Crippen molar-refractivity contribution in [1.29, 1.82) is 0 Å². The van der Waals surface area contributed by atoms with Crippen molar-refractivity contribution in [2.75, 3.05) is 40.0 Å². The Morgan fingerprint density at radius 3 is 2.73 bits per heavy atom. The average Bonchev–Trinajstić information content (AvgIpc) is 2.74. The van der Waals surface area contributed by atoms with Crippen molar-refractivity contribution in [2.24, 2.45) is 5.92 Å². The second-order valence-electron chi connectivity index (χ2n) is 4.89. The molecule has 0 spiro atoms. The Morgan fingerprint density at radius 2 is 2.07 bits per heavy atom. The van der Waals surface area contributed by atoms with Crippen LogP contribution in [0.2, 0.25) is 0 Å². The molecule has 0 aromatic carbocycles. The molecule has 0 N–H and O–H groups in total. The number of rotatable bonds is 4. The van der Waals surface area contributed by atoms with Crippen LogP contribution in [0.15, 0.2) is 0 Å². The molecule has 0 aromatic heterocycles. The third kappa shape index (κ3) is 3.74. The lowest BCUT2D eigenvalue weighted by atomic mass is 9.94. The number of hydrogen-bond donors (Lipinski definition) is 0. The Balaban J connectivity index is 1.53. The average molecular weight is 213 g/mol. The summed E-state index contributed by atoms with van der Waals surface area (Å²) >= 11 is 0. The van der Waals surface area contributed by atoms with Crippen molar-refractivity contribution in [2.45, 2.75) is 31.8 Å². The van der Waals surface area contributed by atoms with E-state index in [1.165, 1.54) is 32.4 Å². The van der Waals surface area contributed by atoms with E-state index in [0.29, 0.717) is 6.10 Å². The van der Waals surface area contributed by atoms with Gasteiger partial charge >= 0.3 is 0 Å². The van der Waals surface area contributed by atoms with E-state index in [0.717, 1.165) is 32.2 Å². The standard InChI is InChI=1S/C12H23NO2/c1-13-6-2-11(3-7-13)4-9-15-12-5-8-14-10-12/h11-12H,2-10H2,1H3. The van der Waals surface area contributed by atoms with Crippen LogP contribution in [0, 0.1) is 5.92 Å². The molecular weight excluding hydrogens is 190 g/mol. The molecular formula is C12H23NO2. The summed E-state index contributed by atoms with van der Waals surface area (Å²) in [7, 11) is 2.21. The number of nitrogens with zero attached hydrogens (tertiary/aromatic N) is 1. The minimum absolute atomic E-state index is 0.385. The van der Waals surface area contributed by atoms with E-state index in [9.17, 15) is 0 Å². The van der Waals surface area contributed by atoms with Gasteiger partial charge in [-0.1, -0.05) is 0 Å². The summed E-state index contributed by atoms with van der Waals surface area (Å²) in [6, 6.07) is 0. The number of likely N-dealkylation sites (tertiary alicyclic amines) is 1. The first kappa shape index (κ1) is 11.4. The topological polar surface area (TPSA) is 21.7 Å². The van der Waals surface area contributed by atoms with E-state index in [4.69, 9.17) is 9.47 Å². The van der Waals surface area contributed by atoms with E-state index in [-0.39, 0.29) is 0 Å². The summed E-state index contributed by atoms with van der Waals surface area (Å²) in [5, 5.41) is 0. The van der Waals surface area contributed by atoms with Crippen LogP contribution < -0.4 is 0 Å². The maximum Gasteiger partial charge on any atom is 0.0830 e. The summed E-state index contributed by atoms with van der Waals surface area (Å²) in [5.41, 5.74) is 0. The molecule has 0 aromatic rings. The molecule has 2 aliphatic rings. The molecule has 0 aliphatic carbocycles. The van der Waals surface area contributed by atoms with Gasteiger partial charge in [0.2, 0.25) is 0 Å². The Morgan fingerprint density at radius 1 is 1.27 bits per heavy atom. The van der Waals surface area contributed by atoms with Crippen molar-refractivity contribution in [3.8, 4) is 0 Å². The summed E-state index contributed by atoms with van der Waals surface area (Å²) in [6.07, 6.45) is 5.41. The molecule has 3 nitrogen and oxygen atoms in total. The highest BCUT2D eigenvalue weighted by atomic mass is 16.5. The zero-order chi connectivity index (χ0) is 10.5. The molecule has 15 heavy (non-hydrogen) atoms. The normalized spacial score (nSPS) is 29.8. The first-order valence-corrected chi connectivity index (χ1v) is 6.22. The molecule has 3 heteroatoms. The van der Waals surface area contributed by atoms with Gasteiger partial charge in [0.05, 0.1) is 12.7 Å². The van der Waals surface area contributed by atoms with Crippen molar-refractivity contribution < 1.29 is 9.47 Å².